The fourth-order valence-electron chi connectivity index (χ4n) is 2.64. The van der Waals surface area contributed by atoms with Crippen LogP contribution in [0.5, 0.6) is 5.75 Å². The average molecular weight is 443 g/mol. The van der Waals surface area contributed by atoms with Crippen LogP contribution in [-0.2, 0) is 26.6 Å². The third kappa shape index (κ3) is 4.07. The molecule has 0 radical (unpaired) electrons. The first-order valence-electron chi connectivity index (χ1n) is 8.21. The average Bonchev–Trinajstić information content (AvgIpc) is 2.59. The van der Waals surface area contributed by atoms with Gasteiger partial charge in [-0.3, -0.25) is 0 Å². The SMILES string of the molecule is Cc1nc(C)n(O)c(=NC(=O)NS(=O)(=O)c2cccc3c2OS(=O)(=O)C(C)C3)n1. The first kappa shape index (κ1) is 20.7. The Bertz CT molecular complexity index is 1280. The maximum atomic E-state index is 12.6. The molecule has 2 heterocycles. The normalized spacial score (nSPS) is 18.6. The summed E-state index contributed by atoms with van der Waals surface area (Å²) in [6.07, 6.45) is 0.0589. The third-order valence-electron chi connectivity index (χ3n) is 4.05. The van der Waals surface area contributed by atoms with E-state index in [1.165, 1.54) is 32.9 Å². The first-order valence-corrected chi connectivity index (χ1v) is 11.2. The topological polar surface area (TPSA) is 170 Å². The number of carbonyl (C=O) groups is 1. The summed E-state index contributed by atoms with van der Waals surface area (Å²) in [4.78, 5) is 22.6. The van der Waals surface area contributed by atoms with Crippen molar-refractivity contribution >= 4 is 26.2 Å². The Hall–Kier alpha value is -3.00. The van der Waals surface area contributed by atoms with Crippen molar-refractivity contribution in [1.82, 2.24) is 19.4 Å². The summed E-state index contributed by atoms with van der Waals surface area (Å²) in [6, 6.07) is 2.69. The van der Waals surface area contributed by atoms with E-state index in [1.54, 1.807) is 4.72 Å². The predicted molar refractivity (Wildman–Crippen MR) is 97.1 cm³/mol. The molecule has 1 aliphatic heterocycles. The molecule has 3 rings (SSSR count). The highest BCUT2D eigenvalue weighted by atomic mass is 32.2. The number of nitrogens with zero attached hydrogens (tertiary/aromatic N) is 4. The van der Waals surface area contributed by atoms with Crippen molar-refractivity contribution in [3.05, 3.63) is 41.0 Å². The number of benzene rings is 1. The summed E-state index contributed by atoms with van der Waals surface area (Å²) >= 11 is 0. The molecule has 1 aromatic carbocycles. The second-order valence-electron chi connectivity index (χ2n) is 6.29. The Morgan fingerprint density at radius 1 is 1.34 bits per heavy atom. The molecule has 1 unspecified atom stereocenters. The van der Waals surface area contributed by atoms with Gasteiger partial charge in [-0.2, -0.15) is 18.4 Å². The second-order valence-corrected chi connectivity index (χ2v) is 9.90. The highest BCUT2D eigenvalue weighted by Gasteiger charge is 2.35. The van der Waals surface area contributed by atoms with Crippen LogP contribution in [0.3, 0.4) is 0 Å². The lowest BCUT2D eigenvalue weighted by molar-refractivity contribution is 0.154. The van der Waals surface area contributed by atoms with E-state index < -0.39 is 41.9 Å². The van der Waals surface area contributed by atoms with Crippen molar-refractivity contribution in [2.45, 2.75) is 37.3 Å². The number of sulfonamides is 1. The molecule has 0 aliphatic carbocycles. The zero-order valence-electron chi connectivity index (χ0n) is 15.5. The number of aromatic nitrogens is 3. The molecule has 0 bridgehead atoms. The summed E-state index contributed by atoms with van der Waals surface area (Å²) in [5, 5.41) is 8.96. The van der Waals surface area contributed by atoms with E-state index in [4.69, 9.17) is 4.18 Å². The minimum Gasteiger partial charge on any atom is -0.424 e. The number of aryl methyl sites for hydroxylation is 2. The molecule has 1 aromatic heterocycles. The number of nitrogens with one attached hydrogen (secondary N) is 1. The van der Waals surface area contributed by atoms with Gasteiger partial charge in [0, 0.05) is 0 Å². The van der Waals surface area contributed by atoms with Crippen molar-refractivity contribution in [2.24, 2.45) is 4.99 Å². The number of rotatable bonds is 2. The number of para-hydroxylation sites is 1. The van der Waals surface area contributed by atoms with Gasteiger partial charge in [-0.1, -0.05) is 12.1 Å². The molecular formula is C15H17N5O7S2. The summed E-state index contributed by atoms with van der Waals surface area (Å²) in [6.45, 7) is 4.36. The van der Waals surface area contributed by atoms with Crippen LogP contribution in [0.25, 0.3) is 0 Å². The molecule has 1 atom stereocenters. The molecular weight excluding hydrogens is 426 g/mol. The van der Waals surface area contributed by atoms with Crippen molar-refractivity contribution in [3.8, 4) is 5.75 Å². The van der Waals surface area contributed by atoms with Crippen molar-refractivity contribution in [2.75, 3.05) is 0 Å². The van der Waals surface area contributed by atoms with Crippen LogP contribution in [0.15, 0.2) is 28.1 Å². The maximum absolute atomic E-state index is 12.6. The summed E-state index contributed by atoms with van der Waals surface area (Å²) in [5.74, 6) is -0.0827. The highest BCUT2D eigenvalue weighted by Crippen LogP contribution is 2.35. The zero-order chi connectivity index (χ0) is 21.6. The minimum atomic E-state index is -4.54. The molecule has 0 fully saturated rings. The Morgan fingerprint density at radius 3 is 2.72 bits per heavy atom. The molecule has 2 amide bonds. The molecule has 14 heteroatoms. The van der Waals surface area contributed by atoms with Crippen LogP contribution in [0, 0.1) is 13.8 Å². The lowest BCUT2D eigenvalue weighted by atomic mass is 10.1. The van der Waals surface area contributed by atoms with Crippen LogP contribution in [0.2, 0.25) is 0 Å². The van der Waals surface area contributed by atoms with Gasteiger partial charge in [0.1, 0.15) is 16.5 Å². The van der Waals surface area contributed by atoms with Crippen molar-refractivity contribution in [3.63, 3.8) is 0 Å². The summed E-state index contributed by atoms with van der Waals surface area (Å²) < 4.78 is 56.4. The van der Waals surface area contributed by atoms with Gasteiger partial charge in [-0.05, 0) is 38.8 Å². The number of urea groups is 1. The monoisotopic (exact) mass is 443 g/mol. The lowest BCUT2D eigenvalue weighted by Crippen LogP contribution is -2.35. The quantitative estimate of drug-likeness (QED) is 0.470. The standard InChI is InChI=1S/C15H17N5O7S2/c1-8-7-11-5-4-6-12(13(11)27-29(8,25)26)28(23,24)19-15(21)18-14-17-9(2)16-10(3)20(14)22/h4-6,8,22H,7H2,1-3H3,(H,19,21). The Morgan fingerprint density at radius 2 is 2.03 bits per heavy atom. The molecule has 2 N–H and O–H groups in total. The maximum Gasteiger partial charge on any atom is 0.358 e. The molecule has 0 saturated carbocycles. The Balaban J connectivity index is 1.99. The lowest BCUT2D eigenvalue weighted by Gasteiger charge is -2.23. The Labute approximate surface area is 166 Å². The largest absolute Gasteiger partial charge is 0.424 e. The smallest absolute Gasteiger partial charge is 0.358 e. The van der Waals surface area contributed by atoms with Crippen LogP contribution >= 0.6 is 0 Å². The fraction of sp³-hybridized carbons (Fsp3) is 0.333. The number of hydrogen-bond donors (Lipinski definition) is 2. The van der Waals surface area contributed by atoms with Gasteiger partial charge in [0.05, 0.1) is 5.25 Å². The number of hydrogen-bond acceptors (Lipinski definition) is 9. The van der Waals surface area contributed by atoms with Gasteiger partial charge >= 0.3 is 16.1 Å². The number of fused-ring (bicyclic) bond motifs is 1. The molecule has 12 nitrogen and oxygen atoms in total. The minimum absolute atomic E-state index is 0.0589. The molecule has 0 spiro atoms. The van der Waals surface area contributed by atoms with Gasteiger partial charge in [0.2, 0.25) is 0 Å². The van der Waals surface area contributed by atoms with E-state index in [-0.39, 0.29) is 23.8 Å². The molecule has 0 saturated heterocycles. The molecule has 29 heavy (non-hydrogen) atoms. The number of amides is 2. The summed E-state index contributed by atoms with van der Waals surface area (Å²) in [7, 11) is -8.54. The van der Waals surface area contributed by atoms with Gasteiger partial charge in [0.25, 0.3) is 15.6 Å². The highest BCUT2D eigenvalue weighted by molar-refractivity contribution is 7.90. The van der Waals surface area contributed by atoms with Crippen molar-refractivity contribution < 1.29 is 31.0 Å². The van der Waals surface area contributed by atoms with Crippen LogP contribution in [0.4, 0.5) is 4.79 Å². The van der Waals surface area contributed by atoms with Crippen LogP contribution in [-0.4, -0.2) is 48.0 Å². The summed E-state index contributed by atoms with van der Waals surface area (Å²) in [5.41, 5.74) is -0.111. The molecule has 156 valence electrons. The molecule has 1 aliphatic rings. The molecule has 2 aromatic rings. The second kappa shape index (κ2) is 7.11. The zero-order valence-corrected chi connectivity index (χ0v) is 17.2. The van der Waals surface area contributed by atoms with Gasteiger partial charge in [0.15, 0.2) is 5.75 Å². The van der Waals surface area contributed by atoms with Crippen LogP contribution < -0.4 is 14.5 Å². The van der Waals surface area contributed by atoms with E-state index in [2.05, 4.69) is 15.0 Å². The van der Waals surface area contributed by atoms with E-state index in [0.29, 0.717) is 10.3 Å². The third-order valence-corrected chi connectivity index (χ3v) is 6.95. The van der Waals surface area contributed by atoms with E-state index >= 15 is 0 Å². The predicted octanol–water partition coefficient (Wildman–Crippen LogP) is -0.215. The number of carbonyl (C=O) groups excluding carboxylic acids is 1. The van der Waals surface area contributed by atoms with Gasteiger partial charge in [-0.25, -0.2) is 22.9 Å². The van der Waals surface area contributed by atoms with Crippen molar-refractivity contribution in [1.29, 1.82) is 0 Å². The van der Waals surface area contributed by atoms with E-state index in [9.17, 15) is 26.8 Å². The van der Waals surface area contributed by atoms with E-state index in [0.717, 1.165) is 6.07 Å². The van der Waals surface area contributed by atoms with Gasteiger partial charge < -0.3 is 9.39 Å². The van der Waals surface area contributed by atoms with Crippen LogP contribution in [0.1, 0.15) is 24.1 Å². The Kier molecular flexibility index (Phi) is 5.08. The first-order chi connectivity index (χ1) is 13.4. The van der Waals surface area contributed by atoms with Gasteiger partial charge in [-0.15, -0.1) is 4.73 Å². The fourth-order valence-corrected chi connectivity index (χ4v) is 4.73. The van der Waals surface area contributed by atoms with E-state index in [1.807, 2.05) is 0 Å².